The number of halogens is 7. The predicted molar refractivity (Wildman–Crippen MR) is 128 cm³/mol. The molecule has 0 saturated heterocycles. The second-order valence-corrected chi connectivity index (χ2v) is 10.7. The number of nitrogens with zero attached hydrogens (tertiary/aromatic N) is 4. The van der Waals surface area contributed by atoms with E-state index < -0.39 is 42.2 Å². The highest BCUT2D eigenvalue weighted by molar-refractivity contribution is 7.13. The maximum atomic E-state index is 14.9. The molecule has 3 heterocycles. The van der Waals surface area contributed by atoms with Crippen LogP contribution in [0.25, 0.3) is 11.1 Å². The zero-order chi connectivity index (χ0) is 28.0. The molecule has 5 rings (SSSR count). The molecule has 0 spiro atoms. The highest BCUT2D eigenvalue weighted by Gasteiger charge is 2.61. The van der Waals surface area contributed by atoms with Crippen LogP contribution in [0.3, 0.4) is 0 Å². The molecule has 2 N–H and O–H groups in total. The number of nitrogens with one attached hydrogen (secondary N) is 2. The number of alkyl halides is 6. The van der Waals surface area contributed by atoms with Crippen LogP contribution in [0.1, 0.15) is 59.3 Å². The minimum Gasteiger partial charge on any atom is -0.494 e. The van der Waals surface area contributed by atoms with Gasteiger partial charge < -0.3 is 10.1 Å². The highest BCUT2D eigenvalue weighted by atomic mass is 35.5. The molecule has 2 aromatic heterocycles. The minimum atomic E-state index is -5.02. The second kappa shape index (κ2) is 10.1. The molecule has 2 aliphatic rings. The van der Waals surface area contributed by atoms with Crippen LogP contribution in [0, 0.1) is 0 Å². The smallest absolute Gasteiger partial charge is 0.416 e. The van der Waals surface area contributed by atoms with Crippen LogP contribution in [0.15, 0.2) is 24.4 Å². The van der Waals surface area contributed by atoms with Crippen molar-refractivity contribution in [2.45, 2.75) is 55.9 Å². The third-order valence-corrected chi connectivity index (χ3v) is 7.93. The van der Waals surface area contributed by atoms with Gasteiger partial charge in [0.25, 0.3) is 5.91 Å². The SMILES string of the molecule is O=C1N[C@@](c2ccc(OCCCC(F)(F)F)cc2Cl)(C(F)(F)F)CC(c2ncc(C3CC3)s2)=C1c1nnn[nH]1. The summed E-state index contributed by atoms with van der Waals surface area (Å²) in [5, 5.41) is 15.0. The van der Waals surface area contributed by atoms with Gasteiger partial charge in [-0.15, -0.1) is 16.4 Å². The number of carbonyl (C=O) groups excluding carboxylic acids is 1. The summed E-state index contributed by atoms with van der Waals surface area (Å²) in [4.78, 5) is 18.6. The van der Waals surface area contributed by atoms with Crippen molar-refractivity contribution in [2.24, 2.45) is 0 Å². The van der Waals surface area contributed by atoms with Crippen LogP contribution in [0.4, 0.5) is 26.3 Å². The standard InChI is InChI=1S/C23H19ClF6N6O2S/c24-15-8-12(38-7-1-6-22(25,26)27)4-5-14(15)21(23(28,29)30)9-13(20-31-10-16(39-20)11-2-3-11)17(19(37)32-21)18-33-35-36-34-18/h4-5,8,10-11H,1-3,6-7,9H2,(H,32,37)(H,33,34,35,36)/t21-/m0/s1. The van der Waals surface area contributed by atoms with Gasteiger partial charge in [0.1, 0.15) is 10.8 Å². The van der Waals surface area contributed by atoms with Crippen molar-refractivity contribution in [3.63, 3.8) is 0 Å². The van der Waals surface area contributed by atoms with Crippen molar-refractivity contribution >= 4 is 40.0 Å². The molecule has 1 saturated carbocycles. The fourth-order valence-electron chi connectivity index (χ4n) is 4.35. The van der Waals surface area contributed by atoms with E-state index >= 15 is 0 Å². The summed E-state index contributed by atoms with van der Waals surface area (Å²) in [6.07, 6.45) is -8.04. The Kier molecular flexibility index (Phi) is 7.07. The number of hydrogen-bond donors (Lipinski definition) is 2. The third-order valence-electron chi connectivity index (χ3n) is 6.40. The molecule has 0 radical (unpaired) electrons. The summed E-state index contributed by atoms with van der Waals surface area (Å²) >= 11 is 7.50. The van der Waals surface area contributed by atoms with Crippen molar-refractivity contribution in [3.8, 4) is 5.75 Å². The summed E-state index contributed by atoms with van der Waals surface area (Å²) in [6, 6.07) is 3.30. The van der Waals surface area contributed by atoms with Crippen molar-refractivity contribution in [1.82, 2.24) is 30.9 Å². The lowest BCUT2D eigenvalue weighted by atomic mass is 9.78. The maximum absolute atomic E-state index is 14.9. The van der Waals surface area contributed by atoms with Crippen LogP contribution in [-0.4, -0.2) is 50.5 Å². The molecule has 16 heteroatoms. The molecule has 0 unspecified atom stereocenters. The van der Waals surface area contributed by atoms with Gasteiger partial charge in [-0.1, -0.05) is 17.7 Å². The fourth-order valence-corrected chi connectivity index (χ4v) is 5.82. The number of tetrazole rings is 1. The molecule has 1 fully saturated rings. The Hall–Kier alpha value is -3.20. The van der Waals surface area contributed by atoms with Gasteiger partial charge in [0.2, 0.25) is 0 Å². The Morgan fingerprint density at radius 2 is 1.95 bits per heavy atom. The first-order valence-electron chi connectivity index (χ1n) is 11.7. The van der Waals surface area contributed by atoms with Gasteiger partial charge in [0.05, 0.1) is 17.2 Å². The second-order valence-electron chi connectivity index (χ2n) is 9.19. The van der Waals surface area contributed by atoms with Crippen LogP contribution in [0.5, 0.6) is 5.75 Å². The zero-order valence-electron chi connectivity index (χ0n) is 19.8. The maximum Gasteiger partial charge on any atom is 0.416 e. The molecular weight excluding hydrogens is 574 g/mol. The molecule has 1 aliphatic heterocycles. The van der Waals surface area contributed by atoms with Crippen molar-refractivity contribution in [1.29, 1.82) is 0 Å². The molecule has 208 valence electrons. The number of aromatic amines is 1. The van der Waals surface area contributed by atoms with Crippen LogP contribution >= 0.6 is 22.9 Å². The highest BCUT2D eigenvalue weighted by Crippen LogP contribution is 2.52. The molecule has 1 amide bonds. The fraction of sp³-hybridized carbons (Fsp3) is 0.435. The van der Waals surface area contributed by atoms with E-state index in [1.165, 1.54) is 17.4 Å². The first-order chi connectivity index (χ1) is 18.4. The van der Waals surface area contributed by atoms with Gasteiger partial charge in [0, 0.05) is 35.1 Å². The molecular formula is C23H19ClF6N6O2S. The number of amides is 1. The van der Waals surface area contributed by atoms with Crippen molar-refractivity contribution < 1.29 is 35.9 Å². The number of hydrogen-bond acceptors (Lipinski definition) is 7. The lowest BCUT2D eigenvalue weighted by molar-refractivity contribution is -0.201. The molecule has 1 atom stereocenters. The van der Waals surface area contributed by atoms with Gasteiger partial charge in [-0.2, -0.15) is 26.3 Å². The first kappa shape index (κ1) is 27.4. The molecule has 1 aliphatic carbocycles. The van der Waals surface area contributed by atoms with Crippen molar-refractivity contribution in [3.05, 3.63) is 50.7 Å². The normalized spacial score (nSPS) is 20.3. The largest absolute Gasteiger partial charge is 0.494 e. The van der Waals surface area contributed by atoms with Crippen LogP contribution < -0.4 is 10.1 Å². The summed E-state index contributed by atoms with van der Waals surface area (Å²) in [5.41, 5.74) is -3.58. The van der Waals surface area contributed by atoms with E-state index in [-0.39, 0.29) is 51.7 Å². The lowest BCUT2D eigenvalue weighted by Crippen LogP contribution is -2.58. The quantitative estimate of drug-likeness (QED) is 0.253. The predicted octanol–water partition coefficient (Wildman–Crippen LogP) is 5.80. The van der Waals surface area contributed by atoms with Gasteiger partial charge >= 0.3 is 12.4 Å². The Labute approximate surface area is 225 Å². The van der Waals surface area contributed by atoms with Gasteiger partial charge in [0.15, 0.2) is 11.4 Å². The van der Waals surface area contributed by atoms with E-state index in [2.05, 4.69) is 30.9 Å². The van der Waals surface area contributed by atoms with Gasteiger partial charge in [-0.25, -0.2) is 10.1 Å². The van der Waals surface area contributed by atoms with E-state index in [4.69, 9.17) is 16.3 Å². The molecule has 39 heavy (non-hydrogen) atoms. The minimum absolute atomic E-state index is 0.00457. The number of carbonyl (C=O) groups is 1. The van der Waals surface area contributed by atoms with Gasteiger partial charge in [-0.3, -0.25) is 4.79 Å². The Bertz CT molecular complexity index is 1400. The summed E-state index contributed by atoms with van der Waals surface area (Å²) in [7, 11) is 0. The summed E-state index contributed by atoms with van der Waals surface area (Å²) < 4.78 is 87.1. The number of rotatable bonds is 8. The van der Waals surface area contributed by atoms with E-state index in [1.54, 1.807) is 6.20 Å². The molecule has 0 bridgehead atoms. The van der Waals surface area contributed by atoms with Gasteiger partial charge in [-0.05, 0) is 47.7 Å². The van der Waals surface area contributed by atoms with Crippen LogP contribution in [-0.2, 0) is 10.3 Å². The Morgan fingerprint density at radius 3 is 2.56 bits per heavy atom. The van der Waals surface area contributed by atoms with E-state index in [0.717, 1.165) is 29.9 Å². The summed E-state index contributed by atoms with van der Waals surface area (Å²) in [5.74, 6) is -0.923. The zero-order valence-corrected chi connectivity index (χ0v) is 21.4. The third kappa shape index (κ3) is 5.60. The topological polar surface area (TPSA) is 106 Å². The van der Waals surface area contributed by atoms with Crippen molar-refractivity contribution in [2.75, 3.05) is 6.61 Å². The number of aromatic nitrogens is 5. The average Bonchev–Trinajstić information content (AvgIpc) is 3.33. The molecule has 1 aromatic carbocycles. The summed E-state index contributed by atoms with van der Waals surface area (Å²) in [6.45, 7) is -0.314. The monoisotopic (exact) mass is 592 g/mol. The van der Waals surface area contributed by atoms with E-state index in [1.807, 2.05) is 0 Å². The Balaban J connectivity index is 1.53. The average molecular weight is 593 g/mol. The first-order valence-corrected chi connectivity index (χ1v) is 12.9. The lowest BCUT2D eigenvalue weighted by Gasteiger charge is -2.41. The number of thiazole rings is 1. The molecule has 8 nitrogen and oxygen atoms in total. The number of H-pyrrole nitrogens is 1. The van der Waals surface area contributed by atoms with E-state index in [9.17, 15) is 31.1 Å². The molecule has 3 aromatic rings. The number of ether oxygens (including phenoxy) is 1. The van der Waals surface area contributed by atoms with Crippen LogP contribution in [0.2, 0.25) is 5.02 Å². The Morgan fingerprint density at radius 1 is 1.18 bits per heavy atom. The number of benzene rings is 1. The van der Waals surface area contributed by atoms with E-state index in [0.29, 0.717) is 0 Å².